The van der Waals surface area contributed by atoms with Crippen molar-refractivity contribution in [2.75, 3.05) is 19.6 Å². The Hall–Kier alpha value is -2.08. The molecule has 2 amide bonds. The molecule has 0 unspecified atom stereocenters. The van der Waals surface area contributed by atoms with E-state index in [0.717, 1.165) is 17.3 Å². The fraction of sp³-hybridized carbons (Fsp3) is 0.333. The highest BCUT2D eigenvalue weighted by Crippen LogP contribution is 2.18. The van der Waals surface area contributed by atoms with Crippen LogP contribution in [0, 0.1) is 0 Å². The standard InChI is InChI=1S/C18H20BrN3O2/c19-15-6-7-17(21-12-15)24-16-9-11-22(13-16)18(23)20-10-8-14-4-2-1-3-5-14/h1-7,12,16H,8-11,13H2,(H,20,23)/t16-/m1/s1. The number of hydrogen-bond acceptors (Lipinski definition) is 3. The second kappa shape index (κ2) is 8.15. The van der Waals surface area contributed by atoms with E-state index in [-0.39, 0.29) is 12.1 Å². The van der Waals surface area contributed by atoms with Crippen LogP contribution in [0.4, 0.5) is 4.79 Å². The van der Waals surface area contributed by atoms with Gasteiger partial charge in [-0.1, -0.05) is 30.3 Å². The summed E-state index contributed by atoms with van der Waals surface area (Å²) < 4.78 is 6.75. The summed E-state index contributed by atoms with van der Waals surface area (Å²) in [6.45, 7) is 1.94. The molecule has 0 aliphatic carbocycles. The Morgan fingerprint density at radius 2 is 2.12 bits per heavy atom. The second-order valence-electron chi connectivity index (χ2n) is 5.76. The maximum atomic E-state index is 12.2. The van der Waals surface area contributed by atoms with Crippen LogP contribution in [0.3, 0.4) is 0 Å². The normalized spacial score (nSPS) is 16.9. The summed E-state index contributed by atoms with van der Waals surface area (Å²) >= 11 is 3.35. The minimum atomic E-state index is -0.0270. The van der Waals surface area contributed by atoms with Crippen LogP contribution in [0.15, 0.2) is 53.1 Å². The van der Waals surface area contributed by atoms with Crippen molar-refractivity contribution in [3.8, 4) is 5.88 Å². The lowest BCUT2D eigenvalue weighted by Gasteiger charge is -2.17. The summed E-state index contributed by atoms with van der Waals surface area (Å²) in [5.41, 5.74) is 1.22. The van der Waals surface area contributed by atoms with Crippen LogP contribution in [-0.4, -0.2) is 41.7 Å². The third-order valence-electron chi connectivity index (χ3n) is 3.95. The van der Waals surface area contributed by atoms with Gasteiger partial charge in [0.2, 0.25) is 5.88 Å². The van der Waals surface area contributed by atoms with Crippen molar-refractivity contribution in [1.82, 2.24) is 15.2 Å². The smallest absolute Gasteiger partial charge is 0.317 e. The Bertz CT molecular complexity index is 664. The molecule has 1 atom stereocenters. The Morgan fingerprint density at radius 3 is 2.88 bits per heavy atom. The number of carbonyl (C=O) groups excluding carboxylic acids is 1. The van der Waals surface area contributed by atoms with Crippen molar-refractivity contribution in [2.45, 2.75) is 18.9 Å². The molecule has 1 aromatic heterocycles. The molecule has 6 heteroatoms. The predicted molar refractivity (Wildman–Crippen MR) is 96.1 cm³/mol. The highest BCUT2D eigenvalue weighted by atomic mass is 79.9. The van der Waals surface area contributed by atoms with Crippen molar-refractivity contribution in [3.63, 3.8) is 0 Å². The van der Waals surface area contributed by atoms with Gasteiger partial charge < -0.3 is 15.0 Å². The summed E-state index contributed by atoms with van der Waals surface area (Å²) in [6, 6.07) is 13.8. The highest BCUT2D eigenvalue weighted by molar-refractivity contribution is 9.10. The van der Waals surface area contributed by atoms with E-state index in [4.69, 9.17) is 4.74 Å². The van der Waals surface area contributed by atoms with Crippen LogP contribution in [0.25, 0.3) is 0 Å². The van der Waals surface area contributed by atoms with Gasteiger partial charge in [0, 0.05) is 36.2 Å². The van der Waals surface area contributed by atoms with Crippen molar-refractivity contribution in [2.24, 2.45) is 0 Å². The second-order valence-corrected chi connectivity index (χ2v) is 6.67. The van der Waals surface area contributed by atoms with Crippen molar-refractivity contribution in [3.05, 3.63) is 58.7 Å². The number of pyridine rings is 1. The molecule has 0 radical (unpaired) electrons. The minimum Gasteiger partial charge on any atom is -0.472 e. The van der Waals surface area contributed by atoms with E-state index in [1.807, 2.05) is 30.3 Å². The van der Waals surface area contributed by atoms with E-state index >= 15 is 0 Å². The van der Waals surface area contributed by atoms with Gasteiger partial charge >= 0.3 is 6.03 Å². The van der Waals surface area contributed by atoms with Gasteiger partial charge in [-0.2, -0.15) is 0 Å². The number of rotatable bonds is 5. The molecule has 1 aliphatic heterocycles. The Balaban J connectivity index is 1.41. The average Bonchev–Trinajstić information content (AvgIpc) is 3.06. The highest BCUT2D eigenvalue weighted by Gasteiger charge is 2.27. The molecule has 1 saturated heterocycles. The van der Waals surface area contributed by atoms with E-state index in [0.29, 0.717) is 25.5 Å². The topological polar surface area (TPSA) is 54.5 Å². The van der Waals surface area contributed by atoms with E-state index in [1.165, 1.54) is 5.56 Å². The first-order chi connectivity index (χ1) is 11.7. The monoisotopic (exact) mass is 389 g/mol. The maximum Gasteiger partial charge on any atom is 0.317 e. The first-order valence-corrected chi connectivity index (χ1v) is 8.85. The van der Waals surface area contributed by atoms with Crippen LogP contribution >= 0.6 is 15.9 Å². The molecule has 0 saturated carbocycles. The van der Waals surface area contributed by atoms with Crippen LogP contribution in [0.2, 0.25) is 0 Å². The molecule has 0 bridgehead atoms. The quantitative estimate of drug-likeness (QED) is 0.853. The first kappa shape index (κ1) is 16.8. The predicted octanol–water partition coefficient (Wildman–Crippen LogP) is 3.25. The van der Waals surface area contributed by atoms with Crippen molar-refractivity contribution >= 4 is 22.0 Å². The fourth-order valence-corrected chi connectivity index (χ4v) is 2.92. The number of urea groups is 1. The number of amides is 2. The molecule has 2 aromatic rings. The summed E-state index contributed by atoms with van der Waals surface area (Å²) in [5.74, 6) is 0.592. The van der Waals surface area contributed by atoms with E-state index in [2.05, 4.69) is 38.4 Å². The number of likely N-dealkylation sites (tertiary alicyclic amines) is 1. The molecule has 1 fully saturated rings. The zero-order valence-electron chi connectivity index (χ0n) is 13.3. The zero-order chi connectivity index (χ0) is 16.8. The molecule has 3 rings (SSSR count). The number of halogens is 1. The molecular weight excluding hydrogens is 370 g/mol. The van der Waals surface area contributed by atoms with Gasteiger partial charge in [0.15, 0.2) is 0 Å². The van der Waals surface area contributed by atoms with E-state index in [1.54, 1.807) is 11.1 Å². The maximum absolute atomic E-state index is 12.2. The summed E-state index contributed by atoms with van der Waals surface area (Å²) in [6.07, 6.45) is 3.37. The van der Waals surface area contributed by atoms with Crippen LogP contribution < -0.4 is 10.1 Å². The Kier molecular flexibility index (Phi) is 5.69. The Morgan fingerprint density at radius 1 is 1.29 bits per heavy atom. The number of nitrogens with zero attached hydrogens (tertiary/aromatic N) is 2. The summed E-state index contributed by atoms with van der Waals surface area (Å²) in [7, 11) is 0. The summed E-state index contributed by atoms with van der Waals surface area (Å²) in [4.78, 5) is 18.2. The third-order valence-corrected chi connectivity index (χ3v) is 4.42. The fourth-order valence-electron chi connectivity index (χ4n) is 2.68. The molecule has 24 heavy (non-hydrogen) atoms. The van der Waals surface area contributed by atoms with Gasteiger partial charge in [-0.05, 0) is 34.0 Å². The van der Waals surface area contributed by atoms with Gasteiger partial charge in [0.1, 0.15) is 6.10 Å². The largest absolute Gasteiger partial charge is 0.472 e. The molecule has 2 heterocycles. The molecule has 5 nitrogen and oxygen atoms in total. The minimum absolute atomic E-state index is 0.00134. The number of nitrogens with one attached hydrogen (secondary N) is 1. The van der Waals surface area contributed by atoms with Gasteiger partial charge in [-0.3, -0.25) is 0 Å². The van der Waals surface area contributed by atoms with E-state index in [9.17, 15) is 4.79 Å². The van der Waals surface area contributed by atoms with Gasteiger partial charge in [0.05, 0.1) is 6.54 Å². The molecule has 1 aliphatic rings. The first-order valence-electron chi connectivity index (χ1n) is 8.05. The molecule has 1 aromatic carbocycles. The Labute approximate surface area is 150 Å². The van der Waals surface area contributed by atoms with Gasteiger partial charge in [-0.25, -0.2) is 9.78 Å². The zero-order valence-corrected chi connectivity index (χ0v) is 14.9. The van der Waals surface area contributed by atoms with Gasteiger partial charge in [0.25, 0.3) is 0 Å². The van der Waals surface area contributed by atoms with Crippen molar-refractivity contribution in [1.29, 1.82) is 0 Å². The lowest BCUT2D eigenvalue weighted by Crippen LogP contribution is -2.40. The van der Waals surface area contributed by atoms with Crippen LogP contribution in [-0.2, 0) is 6.42 Å². The number of benzene rings is 1. The third kappa shape index (κ3) is 4.71. The summed E-state index contributed by atoms with van der Waals surface area (Å²) in [5, 5.41) is 2.97. The number of hydrogen-bond donors (Lipinski definition) is 1. The van der Waals surface area contributed by atoms with Crippen molar-refractivity contribution < 1.29 is 9.53 Å². The lowest BCUT2D eigenvalue weighted by molar-refractivity contribution is 0.183. The molecule has 126 valence electrons. The van der Waals surface area contributed by atoms with Gasteiger partial charge in [-0.15, -0.1) is 0 Å². The van der Waals surface area contributed by atoms with E-state index < -0.39 is 0 Å². The van der Waals surface area contributed by atoms with Crippen LogP contribution in [0.1, 0.15) is 12.0 Å². The molecule has 0 spiro atoms. The lowest BCUT2D eigenvalue weighted by atomic mass is 10.1. The number of carbonyl (C=O) groups is 1. The molecule has 1 N–H and O–H groups in total. The number of ether oxygens (including phenoxy) is 1. The SMILES string of the molecule is O=C(NCCc1ccccc1)N1CC[C@@H](Oc2ccc(Br)cn2)C1. The average molecular weight is 390 g/mol. The van der Waals surface area contributed by atoms with Crippen LogP contribution in [0.5, 0.6) is 5.88 Å². The molecular formula is C18H20BrN3O2. The number of aromatic nitrogens is 1.